The van der Waals surface area contributed by atoms with Gasteiger partial charge in [-0.3, -0.25) is 19.8 Å². The molecule has 0 spiro atoms. The Morgan fingerprint density at radius 2 is 1.89 bits per heavy atom. The number of amides is 3. The molecule has 0 aromatic heterocycles. The van der Waals surface area contributed by atoms with Gasteiger partial charge in [-0.15, -0.1) is 0 Å². The molecule has 3 rings (SSSR count). The predicted molar refractivity (Wildman–Crippen MR) is 134 cm³/mol. The molecule has 0 aliphatic carbocycles. The van der Waals surface area contributed by atoms with Crippen LogP contribution in [0.4, 0.5) is 16.2 Å². The summed E-state index contributed by atoms with van der Waals surface area (Å²) in [4.78, 5) is 50.5. The van der Waals surface area contributed by atoms with E-state index in [9.17, 15) is 24.5 Å². The summed E-state index contributed by atoms with van der Waals surface area (Å²) in [5.41, 5.74) is 2.03. The van der Waals surface area contributed by atoms with E-state index in [2.05, 4.69) is 10.6 Å². The lowest BCUT2D eigenvalue weighted by atomic mass is 9.94. The second-order valence-electron chi connectivity index (χ2n) is 8.72. The summed E-state index contributed by atoms with van der Waals surface area (Å²) in [6, 6.07) is 11.0. The van der Waals surface area contributed by atoms with Crippen LogP contribution in [0.5, 0.6) is 0 Å². The monoisotopic (exact) mass is 494 g/mol. The van der Waals surface area contributed by atoms with Crippen LogP contribution in [0, 0.1) is 10.1 Å². The molecular formula is C26H30N4O6. The number of rotatable bonds is 9. The van der Waals surface area contributed by atoms with Crippen LogP contribution in [0.2, 0.25) is 0 Å². The molecule has 0 saturated heterocycles. The Labute approximate surface area is 209 Å². The standard InChI is InChI=1S/C26H30N4O6/c1-5-6-14-29-17(4)22(25(32)36-16(2)3)23(28-26(29)33)19-8-7-9-20(15-19)27-24(31)18-10-12-21(13-11-18)30(34)35/h7-13,15-16,23H,5-6,14H2,1-4H3,(H,27,31)(H,28,33). The third-order valence-electron chi connectivity index (χ3n) is 5.71. The van der Waals surface area contributed by atoms with Gasteiger partial charge in [0.25, 0.3) is 11.6 Å². The lowest BCUT2D eigenvalue weighted by Gasteiger charge is -2.35. The quantitative estimate of drug-likeness (QED) is 0.288. The van der Waals surface area contributed by atoms with Gasteiger partial charge in [-0.2, -0.15) is 0 Å². The number of esters is 1. The number of nitro benzene ring substituents is 1. The van der Waals surface area contributed by atoms with Crippen molar-refractivity contribution < 1.29 is 24.0 Å². The van der Waals surface area contributed by atoms with Gasteiger partial charge < -0.3 is 15.4 Å². The van der Waals surface area contributed by atoms with E-state index in [0.717, 1.165) is 12.8 Å². The number of carbonyl (C=O) groups is 3. The molecule has 0 radical (unpaired) electrons. The Morgan fingerprint density at radius 1 is 1.19 bits per heavy atom. The average Bonchev–Trinajstić information content (AvgIpc) is 2.83. The molecule has 1 unspecified atom stereocenters. The number of anilines is 1. The molecule has 1 aliphatic rings. The van der Waals surface area contributed by atoms with Gasteiger partial charge in [0.15, 0.2) is 0 Å². The first-order valence-corrected chi connectivity index (χ1v) is 11.8. The van der Waals surface area contributed by atoms with Crippen LogP contribution in [0.1, 0.15) is 62.5 Å². The van der Waals surface area contributed by atoms with Crippen molar-refractivity contribution in [2.45, 2.75) is 52.7 Å². The fourth-order valence-corrected chi connectivity index (χ4v) is 3.89. The van der Waals surface area contributed by atoms with Gasteiger partial charge in [0.1, 0.15) is 0 Å². The fraction of sp³-hybridized carbons (Fsp3) is 0.346. The number of nitro groups is 1. The number of ether oxygens (including phenoxy) is 1. The Bertz CT molecular complexity index is 1190. The molecule has 0 saturated carbocycles. The third-order valence-corrected chi connectivity index (χ3v) is 5.71. The molecule has 10 nitrogen and oxygen atoms in total. The summed E-state index contributed by atoms with van der Waals surface area (Å²) in [6.07, 6.45) is 1.34. The van der Waals surface area contributed by atoms with Gasteiger partial charge >= 0.3 is 12.0 Å². The summed E-state index contributed by atoms with van der Waals surface area (Å²) < 4.78 is 5.49. The number of benzene rings is 2. The van der Waals surface area contributed by atoms with Crippen molar-refractivity contribution in [2.75, 3.05) is 11.9 Å². The summed E-state index contributed by atoms with van der Waals surface area (Å²) in [7, 11) is 0. The minimum Gasteiger partial charge on any atom is -0.459 e. The van der Waals surface area contributed by atoms with Crippen LogP contribution >= 0.6 is 0 Å². The number of hydrogen-bond donors (Lipinski definition) is 2. The Kier molecular flexibility index (Phi) is 8.42. The molecule has 2 aromatic rings. The van der Waals surface area contributed by atoms with Crippen molar-refractivity contribution in [1.29, 1.82) is 0 Å². The van der Waals surface area contributed by atoms with Crippen molar-refractivity contribution in [3.05, 3.63) is 81.0 Å². The number of nitrogens with one attached hydrogen (secondary N) is 2. The Hall–Kier alpha value is -4.21. The van der Waals surface area contributed by atoms with E-state index in [1.54, 1.807) is 49.9 Å². The highest BCUT2D eigenvalue weighted by atomic mass is 16.6. The minimum atomic E-state index is -0.766. The largest absolute Gasteiger partial charge is 0.459 e. The highest BCUT2D eigenvalue weighted by Crippen LogP contribution is 2.33. The van der Waals surface area contributed by atoms with E-state index in [4.69, 9.17) is 4.74 Å². The number of urea groups is 1. The zero-order valence-electron chi connectivity index (χ0n) is 20.7. The fourth-order valence-electron chi connectivity index (χ4n) is 3.89. The van der Waals surface area contributed by atoms with E-state index in [-0.39, 0.29) is 23.4 Å². The number of hydrogen-bond acceptors (Lipinski definition) is 6. The van der Waals surface area contributed by atoms with Gasteiger partial charge in [-0.1, -0.05) is 25.5 Å². The van der Waals surface area contributed by atoms with Crippen LogP contribution < -0.4 is 10.6 Å². The molecule has 2 aromatic carbocycles. The van der Waals surface area contributed by atoms with E-state index < -0.39 is 22.8 Å². The number of allylic oxidation sites excluding steroid dienone is 1. The molecule has 190 valence electrons. The number of nitrogens with zero attached hydrogens (tertiary/aromatic N) is 2. The van der Waals surface area contributed by atoms with Crippen molar-refractivity contribution in [1.82, 2.24) is 10.2 Å². The normalized spacial score (nSPS) is 15.5. The van der Waals surface area contributed by atoms with Gasteiger partial charge in [0, 0.05) is 35.6 Å². The number of unbranched alkanes of at least 4 members (excludes halogenated alkanes) is 1. The second kappa shape index (κ2) is 11.5. The predicted octanol–water partition coefficient (Wildman–Crippen LogP) is 4.94. The molecule has 1 aliphatic heterocycles. The lowest BCUT2D eigenvalue weighted by molar-refractivity contribution is -0.384. The van der Waals surface area contributed by atoms with Crippen LogP contribution in [0.15, 0.2) is 59.8 Å². The van der Waals surface area contributed by atoms with Crippen molar-refractivity contribution in [3.8, 4) is 0 Å². The van der Waals surface area contributed by atoms with Gasteiger partial charge in [-0.25, -0.2) is 9.59 Å². The van der Waals surface area contributed by atoms with Crippen LogP contribution in [-0.2, 0) is 9.53 Å². The van der Waals surface area contributed by atoms with Crippen LogP contribution in [-0.4, -0.2) is 40.4 Å². The molecule has 36 heavy (non-hydrogen) atoms. The van der Waals surface area contributed by atoms with Gasteiger partial charge in [0.05, 0.1) is 22.6 Å². The lowest BCUT2D eigenvalue weighted by Crippen LogP contribution is -2.48. The highest BCUT2D eigenvalue weighted by Gasteiger charge is 2.36. The van der Waals surface area contributed by atoms with E-state index >= 15 is 0 Å². The summed E-state index contributed by atoms with van der Waals surface area (Å²) in [5.74, 6) is -0.971. The summed E-state index contributed by atoms with van der Waals surface area (Å²) in [5, 5.41) is 16.5. The molecule has 0 bridgehead atoms. The maximum Gasteiger partial charge on any atom is 0.338 e. The molecule has 10 heteroatoms. The van der Waals surface area contributed by atoms with Crippen molar-refractivity contribution in [2.24, 2.45) is 0 Å². The first-order chi connectivity index (χ1) is 17.1. The first-order valence-electron chi connectivity index (χ1n) is 11.8. The van der Waals surface area contributed by atoms with Crippen molar-refractivity contribution >= 4 is 29.3 Å². The van der Waals surface area contributed by atoms with E-state index in [1.165, 1.54) is 24.3 Å². The zero-order valence-corrected chi connectivity index (χ0v) is 20.7. The molecular weight excluding hydrogens is 464 g/mol. The molecule has 2 N–H and O–H groups in total. The topological polar surface area (TPSA) is 131 Å². The Morgan fingerprint density at radius 3 is 2.50 bits per heavy atom. The van der Waals surface area contributed by atoms with Crippen LogP contribution in [0.3, 0.4) is 0 Å². The first kappa shape index (κ1) is 26.4. The zero-order chi connectivity index (χ0) is 26.4. The van der Waals surface area contributed by atoms with Gasteiger partial charge in [-0.05, 0) is 57.0 Å². The molecule has 1 heterocycles. The summed E-state index contributed by atoms with van der Waals surface area (Å²) in [6.45, 7) is 7.75. The Balaban J connectivity index is 1.91. The molecule has 1 atom stereocenters. The third kappa shape index (κ3) is 6.07. The second-order valence-corrected chi connectivity index (χ2v) is 8.72. The molecule has 0 fully saturated rings. The smallest absolute Gasteiger partial charge is 0.338 e. The molecule has 3 amide bonds. The number of carbonyl (C=O) groups excluding carboxylic acids is 3. The minimum absolute atomic E-state index is 0.113. The maximum atomic E-state index is 13.1. The highest BCUT2D eigenvalue weighted by molar-refractivity contribution is 6.04. The van der Waals surface area contributed by atoms with Crippen molar-refractivity contribution in [3.63, 3.8) is 0 Å². The SMILES string of the molecule is CCCCN1C(=O)NC(c2cccc(NC(=O)c3ccc([N+](=O)[O-])cc3)c2)C(C(=O)OC(C)C)=C1C. The maximum absolute atomic E-state index is 13.1. The number of non-ortho nitro benzene ring substituents is 1. The average molecular weight is 495 g/mol. The van der Waals surface area contributed by atoms with E-state index in [0.29, 0.717) is 29.1 Å². The van der Waals surface area contributed by atoms with E-state index in [1.807, 2.05) is 6.92 Å². The van der Waals surface area contributed by atoms with Crippen LogP contribution in [0.25, 0.3) is 0 Å². The van der Waals surface area contributed by atoms with Gasteiger partial charge in [0.2, 0.25) is 0 Å². The summed E-state index contributed by atoms with van der Waals surface area (Å²) >= 11 is 0.